The van der Waals surface area contributed by atoms with Crippen LogP contribution in [0.3, 0.4) is 0 Å². The summed E-state index contributed by atoms with van der Waals surface area (Å²) < 4.78 is 11.2. The Morgan fingerprint density at radius 1 is 1.06 bits per heavy atom. The predicted octanol–water partition coefficient (Wildman–Crippen LogP) is 3.60. The molecule has 0 spiro atoms. The molecule has 34 heavy (non-hydrogen) atoms. The number of aromatic nitrogens is 1. The molecule has 2 heterocycles. The number of morpholine rings is 1. The van der Waals surface area contributed by atoms with E-state index >= 15 is 0 Å². The molecule has 1 aliphatic rings. The number of hydrogen-bond donors (Lipinski definition) is 1. The fourth-order valence-corrected chi connectivity index (χ4v) is 3.82. The topological polar surface area (TPSA) is 87.9 Å². The number of carbonyl (C=O) groups excluding carboxylic acids is 2. The standard InChI is InChI=1S/C26H30N4O4/c1-29(19-24(31)28-21-10-12-22(13-11-21)30-14-16-33-17-15-30)26(32)9-5-8-25-27-18-23(34-25)20-6-3-2-4-7-20/h2-4,6-7,10-13,18H,5,8-9,14-17,19H2,1H3,(H,28,31). The number of benzene rings is 2. The van der Waals surface area contributed by atoms with Gasteiger partial charge in [-0.3, -0.25) is 9.59 Å². The Hall–Kier alpha value is -3.65. The molecule has 1 fully saturated rings. The van der Waals surface area contributed by atoms with E-state index in [1.54, 1.807) is 13.2 Å². The molecule has 1 saturated heterocycles. The largest absolute Gasteiger partial charge is 0.441 e. The van der Waals surface area contributed by atoms with Crippen LogP contribution in [0, 0.1) is 0 Å². The van der Waals surface area contributed by atoms with Crippen LogP contribution in [0.25, 0.3) is 11.3 Å². The summed E-state index contributed by atoms with van der Waals surface area (Å²) in [6, 6.07) is 17.5. The fourth-order valence-electron chi connectivity index (χ4n) is 3.82. The highest BCUT2D eigenvalue weighted by atomic mass is 16.5. The monoisotopic (exact) mass is 462 g/mol. The van der Waals surface area contributed by atoms with Crippen LogP contribution >= 0.6 is 0 Å². The van der Waals surface area contributed by atoms with Crippen molar-refractivity contribution in [2.45, 2.75) is 19.3 Å². The molecule has 0 aliphatic carbocycles. The van der Waals surface area contributed by atoms with Crippen molar-refractivity contribution < 1.29 is 18.7 Å². The number of ether oxygens (including phenoxy) is 1. The summed E-state index contributed by atoms with van der Waals surface area (Å²) in [6.45, 7) is 3.18. The molecule has 178 valence electrons. The lowest BCUT2D eigenvalue weighted by Crippen LogP contribution is -2.36. The number of likely N-dealkylation sites (N-methyl/N-ethyl adjacent to an activating group) is 1. The van der Waals surface area contributed by atoms with Gasteiger partial charge in [-0.15, -0.1) is 0 Å². The number of carbonyl (C=O) groups is 2. The fraction of sp³-hybridized carbons (Fsp3) is 0.346. The van der Waals surface area contributed by atoms with E-state index in [9.17, 15) is 9.59 Å². The van der Waals surface area contributed by atoms with E-state index in [1.807, 2.05) is 54.6 Å². The molecule has 8 heteroatoms. The van der Waals surface area contributed by atoms with Gasteiger partial charge in [-0.1, -0.05) is 30.3 Å². The van der Waals surface area contributed by atoms with Crippen LogP contribution < -0.4 is 10.2 Å². The minimum atomic E-state index is -0.227. The van der Waals surface area contributed by atoms with Crippen molar-refractivity contribution in [1.82, 2.24) is 9.88 Å². The summed E-state index contributed by atoms with van der Waals surface area (Å²) in [4.78, 5) is 32.8. The summed E-state index contributed by atoms with van der Waals surface area (Å²) >= 11 is 0. The summed E-state index contributed by atoms with van der Waals surface area (Å²) in [7, 11) is 1.64. The second kappa shape index (κ2) is 11.5. The lowest BCUT2D eigenvalue weighted by molar-refractivity contribution is -0.133. The molecular weight excluding hydrogens is 432 g/mol. The average Bonchev–Trinajstić information content (AvgIpc) is 3.34. The molecule has 8 nitrogen and oxygen atoms in total. The molecule has 1 aliphatic heterocycles. The number of aryl methyl sites for hydroxylation is 1. The van der Waals surface area contributed by atoms with Crippen LogP contribution in [0.4, 0.5) is 11.4 Å². The summed E-state index contributed by atoms with van der Waals surface area (Å²) in [5.41, 5.74) is 2.79. The Bertz CT molecular complexity index is 1080. The van der Waals surface area contributed by atoms with Gasteiger partial charge in [0, 0.05) is 49.9 Å². The Kier molecular flexibility index (Phi) is 7.93. The first-order valence-corrected chi connectivity index (χ1v) is 11.6. The summed E-state index contributed by atoms with van der Waals surface area (Å²) in [5, 5.41) is 2.86. The minimum Gasteiger partial charge on any atom is -0.441 e. The van der Waals surface area contributed by atoms with E-state index in [-0.39, 0.29) is 18.4 Å². The second-order valence-corrected chi connectivity index (χ2v) is 8.28. The summed E-state index contributed by atoms with van der Waals surface area (Å²) in [6.07, 6.45) is 3.19. The van der Waals surface area contributed by atoms with Crippen LogP contribution in [0.15, 0.2) is 65.2 Å². The van der Waals surface area contributed by atoms with Crippen molar-refractivity contribution in [3.8, 4) is 11.3 Å². The lowest BCUT2D eigenvalue weighted by atomic mass is 10.2. The molecule has 0 radical (unpaired) electrons. The first kappa shape index (κ1) is 23.5. The van der Waals surface area contributed by atoms with Gasteiger partial charge in [0.2, 0.25) is 11.8 Å². The highest BCUT2D eigenvalue weighted by molar-refractivity contribution is 5.94. The third kappa shape index (κ3) is 6.45. The van der Waals surface area contributed by atoms with E-state index in [1.165, 1.54) is 4.90 Å². The highest BCUT2D eigenvalue weighted by Crippen LogP contribution is 2.21. The number of nitrogens with zero attached hydrogens (tertiary/aromatic N) is 3. The highest BCUT2D eigenvalue weighted by Gasteiger charge is 2.15. The molecular formula is C26H30N4O4. The van der Waals surface area contributed by atoms with Crippen molar-refractivity contribution in [3.05, 3.63) is 66.7 Å². The Labute approximate surface area is 199 Å². The zero-order valence-electron chi connectivity index (χ0n) is 19.4. The maximum atomic E-state index is 12.4. The van der Waals surface area contributed by atoms with E-state index < -0.39 is 0 Å². The van der Waals surface area contributed by atoms with Crippen molar-refractivity contribution >= 4 is 23.2 Å². The zero-order valence-corrected chi connectivity index (χ0v) is 19.4. The molecule has 0 saturated carbocycles. The predicted molar refractivity (Wildman–Crippen MR) is 131 cm³/mol. The molecule has 1 N–H and O–H groups in total. The SMILES string of the molecule is CN(CC(=O)Nc1ccc(N2CCOCC2)cc1)C(=O)CCCc1ncc(-c2ccccc2)o1. The molecule has 3 aromatic rings. The van der Waals surface area contributed by atoms with Crippen molar-refractivity contribution in [1.29, 1.82) is 0 Å². The van der Waals surface area contributed by atoms with E-state index in [0.717, 1.165) is 37.6 Å². The molecule has 2 amide bonds. The van der Waals surface area contributed by atoms with Gasteiger partial charge in [-0.25, -0.2) is 4.98 Å². The smallest absolute Gasteiger partial charge is 0.243 e. The number of rotatable bonds is 9. The van der Waals surface area contributed by atoms with Gasteiger partial charge >= 0.3 is 0 Å². The number of nitrogens with one attached hydrogen (secondary N) is 1. The Morgan fingerprint density at radius 3 is 2.53 bits per heavy atom. The van der Waals surface area contributed by atoms with Gasteiger partial charge in [0.25, 0.3) is 0 Å². The van der Waals surface area contributed by atoms with Gasteiger partial charge < -0.3 is 24.3 Å². The molecule has 0 atom stereocenters. The number of anilines is 2. The maximum absolute atomic E-state index is 12.4. The molecule has 2 aromatic carbocycles. The second-order valence-electron chi connectivity index (χ2n) is 8.28. The van der Waals surface area contributed by atoms with Crippen LogP contribution in [0.5, 0.6) is 0 Å². The first-order chi connectivity index (χ1) is 16.6. The first-order valence-electron chi connectivity index (χ1n) is 11.6. The average molecular weight is 463 g/mol. The number of oxazole rings is 1. The molecule has 4 rings (SSSR count). The normalized spacial score (nSPS) is 13.5. The molecule has 1 aromatic heterocycles. The number of amides is 2. The van der Waals surface area contributed by atoms with Crippen molar-refractivity contribution in [3.63, 3.8) is 0 Å². The van der Waals surface area contributed by atoms with Gasteiger partial charge in [-0.2, -0.15) is 0 Å². The van der Waals surface area contributed by atoms with E-state index in [2.05, 4.69) is 15.2 Å². The van der Waals surface area contributed by atoms with E-state index in [0.29, 0.717) is 36.6 Å². The Morgan fingerprint density at radius 2 is 1.79 bits per heavy atom. The van der Waals surface area contributed by atoms with Crippen LogP contribution in [-0.4, -0.2) is 61.6 Å². The van der Waals surface area contributed by atoms with Gasteiger partial charge in [-0.05, 0) is 30.7 Å². The zero-order chi connectivity index (χ0) is 23.8. The van der Waals surface area contributed by atoms with Crippen LogP contribution in [0.1, 0.15) is 18.7 Å². The third-order valence-electron chi connectivity index (χ3n) is 5.73. The number of hydrogen-bond acceptors (Lipinski definition) is 6. The molecule has 0 unspecified atom stereocenters. The van der Waals surface area contributed by atoms with Gasteiger partial charge in [0.1, 0.15) is 0 Å². The van der Waals surface area contributed by atoms with Crippen molar-refractivity contribution in [2.24, 2.45) is 0 Å². The van der Waals surface area contributed by atoms with Crippen LogP contribution in [-0.2, 0) is 20.7 Å². The van der Waals surface area contributed by atoms with Crippen LogP contribution in [0.2, 0.25) is 0 Å². The van der Waals surface area contributed by atoms with Gasteiger partial charge in [0.15, 0.2) is 11.7 Å². The third-order valence-corrected chi connectivity index (χ3v) is 5.73. The Balaban J connectivity index is 1.18. The maximum Gasteiger partial charge on any atom is 0.243 e. The van der Waals surface area contributed by atoms with Crippen molar-refractivity contribution in [2.75, 3.05) is 50.1 Å². The lowest BCUT2D eigenvalue weighted by Gasteiger charge is -2.28. The molecule has 0 bridgehead atoms. The van der Waals surface area contributed by atoms with E-state index in [4.69, 9.17) is 9.15 Å². The van der Waals surface area contributed by atoms with Gasteiger partial charge in [0.05, 0.1) is 26.0 Å². The minimum absolute atomic E-state index is 0.00120. The quantitative estimate of drug-likeness (QED) is 0.523. The summed E-state index contributed by atoms with van der Waals surface area (Å²) in [5.74, 6) is 1.00.